The maximum absolute atomic E-state index is 11.2. The van der Waals surface area contributed by atoms with E-state index in [1.54, 1.807) is 0 Å². The predicted molar refractivity (Wildman–Crippen MR) is 64.6 cm³/mol. The number of hydrogen-bond donors (Lipinski definition) is 2. The summed E-state index contributed by atoms with van der Waals surface area (Å²) in [6.07, 6.45) is 2.73. The second kappa shape index (κ2) is 5.36. The van der Waals surface area contributed by atoms with Crippen molar-refractivity contribution in [3.05, 3.63) is 17.8 Å². The summed E-state index contributed by atoms with van der Waals surface area (Å²) in [6.45, 7) is 1.09. The van der Waals surface area contributed by atoms with Crippen molar-refractivity contribution >= 4 is 11.7 Å². The third kappa shape index (κ3) is 2.88. The van der Waals surface area contributed by atoms with E-state index in [-0.39, 0.29) is 11.8 Å². The molecule has 0 aromatic carbocycles. The summed E-state index contributed by atoms with van der Waals surface area (Å²) < 4.78 is 5.57. The molecule has 1 fully saturated rings. The van der Waals surface area contributed by atoms with Gasteiger partial charge >= 0.3 is 0 Å². The summed E-state index contributed by atoms with van der Waals surface area (Å²) in [5.74, 6) is 0.964. The normalized spacial score (nSPS) is 18.8. The molecule has 0 bridgehead atoms. The smallest absolute Gasteiger partial charge is 0.220 e. The average Bonchev–Trinajstić information content (AvgIpc) is 2.37. The van der Waals surface area contributed by atoms with Crippen molar-refractivity contribution in [2.45, 2.75) is 12.8 Å². The van der Waals surface area contributed by atoms with Gasteiger partial charge in [0.15, 0.2) is 0 Å². The number of anilines is 1. The van der Waals surface area contributed by atoms with Crippen LogP contribution in [0.3, 0.4) is 0 Å². The molecule has 1 aromatic rings. The summed E-state index contributed by atoms with van der Waals surface area (Å²) >= 11 is 0. The summed E-state index contributed by atoms with van der Waals surface area (Å²) in [7, 11) is 0. The summed E-state index contributed by atoms with van der Waals surface area (Å²) in [5.41, 5.74) is 5.90. The number of piperidine rings is 1. The summed E-state index contributed by atoms with van der Waals surface area (Å²) in [5, 5.41) is 11.7. The predicted octanol–water partition coefficient (Wildman–Crippen LogP) is 0.440. The molecule has 1 atom stereocenters. The SMILES string of the molecule is N#Cc1cnc(N)cc1OC[C@@H]1CCNC(=O)C1. The largest absolute Gasteiger partial charge is 0.492 e. The minimum atomic E-state index is 0.0459. The number of carbonyl (C=O) groups excluding carboxylic acids is 1. The van der Waals surface area contributed by atoms with Gasteiger partial charge in [0.05, 0.1) is 12.8 Å². The molecule has 2 heterocycles. The molecule has 0 radical (unpaired) electrons. The van der Waals surface area contributed by atoms with Gasteiger partial charge in [-0.25, -0.2) is 4.98 Å². The van der Waals surface area contributed by atoms with Crippen LogP contribution in [0.25, 0.3) is 0 Å². The van der Waals surface area contributed by atoms with Gasteiger partial charge in [-0.2, -0.15) is 5.26 Å². The Hall–Kier alpha value is -2.29. The zero-order chi connectivity index (χ0) is 13.0. The molecule has 18 heavy (non-hydrogen) atoms. The van der Waals surface area contributed by atoms with Crippen LogP contribution in [0.2, 0.25) is 0 Å². The van der Waals surface area contributed by atoms with Gasteiger partial charge < -0.3 is 15.8 Å². The Morgan fingerprint density at radius 3 is 3.22 bits per heavy atom. The van der Waals surface area contributed by atoms with Crippen LogP contribution in [0.5, 0.6) is 5.75 Å². The van der Waals surface area contributed by atoms with Crippen molar-refractivity contribution < 1.29 is 9.53 Å². The first-order valence-corrected chi connectivity index (χ1v) is 5.74. The quantitative estimate of drug-likeness (QED) is 0.805. The number of ether oxygens (including phenoxy) is 1. The van der Waals surface area contributed by atoms with Gasteiger partial charge in [-0.1, -0.05) is 0 Å². The Labute approximate surface area is 105 Å². The van der Waals surface area contributed by atoms with E-state index in [1.807, 2.05) is 6.07 Å². The molecule has 2 rings (SSSR count). The Morgan fingerprint density at radius 1 is 1.67 bits per heavy atom. The van der Waals surface area contributed by atoms with E-state index in [0.29, 0.717) is 36.7 Å². The molecule has 1 aliphatic heterocycles. The maximum atomic E-state index is 11.2. The van der Waals surface area contributed by atoms with Gasteiger partial charge in [-0.15, -0.1) is 0 Å². The van der Waals surface area contributed by atoms with Crippen molar-refractivity contribution in [1.29, 1.82) is 5.26 Å². The minimum Gasteiger partial charge on any atom is -0.492 e. The molecule has 0 saturated carbocycles. The first-order valence-electron chi connectivity index (χ1n) is 5.74. The van der Waals surface area contributed by atoms with E-state index in [0.717, 1.165) is 6.42 Å². The molecule has 3 N–H and O–H groups in total. The molecule has 1 saturated heterocycles. The number of carbonyl (C=O) groups is 1. The highest BCUT2D eigenvalue weighted by atomic mass is 16.5. The molecular weight excluding hydrogens is 232 g/mol. The van der Waals surface area contributed by atoms with Crippen LogP contribution < -0.4 is 15.8 Å². The van der Waals surface area contributed by atoms with Crippen LogP contribution in [-0.4, -0.2) is 24.0 Å². The van der Waals surface area contributed by atoms with Gasteiger partial charge in [0.2, 0.25) is 5.91 Å². The lowest BCUT2D eigenvalue weighted by atomic mass is 9.99. The number of nitrogens with zero attached hydrogens (tertiary/aromatic N) is 2. The molecule has 0 unspecified atom stereocenters. The van der Waals surface area contributed by atoms with Crippen LogP contribution >= 0.6 is 0 Å². The average molecular weight is 246 g/mol. The Kier molecular flexibility index (Phi) is 3.63. The highest BCUT2D eigenvalue weighted by Gasteiger charge is 2.20. The lowest BCUT2D eigenvalue weighted by Gasteiger charge is -2.22. The van der Waals surface area contributed by atoms with Crippen molar-refractivity contribution in [1.82, 2.24) is 10.3 Å². The van der Waals surface area contributed by atoms with Crippen molar-refractivity contribution in [2.75, 3.05) is 18.9 Å². The molecule has 0 spiro atoms. The van der Waals surface area contributed by atoms with Gasteiger partial charge in [-0.3, -0.25) is 4.79 Å². The van der Waals surface area contributed by atoms with E-state index in [9.17, 15) is 4.79 Å². The highest BCUT2D eigenvalue weighted by Crippen LogP contribution is 2.21. The summed E-state index contributed by atoms with van der Waals surface area (Å²) in [6, 6.07) is 3.53. The monoisotopic (exact) mass is 246 g/mol. The van der Waals surface area contributed by atoms with Crippen LogP contribution in [0.4, 0.5) is 5.82 Å². The Balaban J connectivity index is 1.99. The number of nitriles is 1. The van der Waals surface area contributed by atoms with E-state index in [2.05, 4.69) is 10.3 Å². The topological polar surface area (TPSA) is 101 Å². The second-order valence-corrected chi connectivity index (χ2v) is 4.24. The number of pyridine rings is 1. The van der Waals surface area contributed by atoms with Crippen molar-refractivity contribution in [3.8, 4) is 11.8 Å². The van der Waals surface area contributed by atoms with Gasteiger partial charge in [0.25, 0.3) is 0 Å². The van der Waals surface area contributed by atoms with Crippen LogP contribution in [-0.2, 0) is 4.79 Å². The first kappa shape index (κ1) is 12.2. The fraction of sp³-hybridized carbons (Fsp3) is 0.417. The summed E-state index contributed by atoms with van der Waals surface area (Å²) in [4.78, 5) is 15.0. The fourth-order valence-corrected chi connectivity index (χ4v) is 1.86. The highest BCUT2D eigenvalue weighted by molar-refractivity contribution is 5.76. The van der Waals surface area contributed by atoms with E-state index in [1.165, 1.54) is 12.3 Å². The van der Waals surface area contributed by atoms with Crippen molar-refractivity contribution in [3.63, 3.8) is 0 Å². The molecule has 94 valence electrons. The van der Waals surface area contributed by atoms with Gasteiger partial charge in [0.1, 0.15) is 23.2 Å². The lowest BCUT2D eigenvalue weighted by molar-refractivity contribution is -0.123. The Morgan fingerprint density at radius 2 is 2.50 bits per heavy atom. The molecule has 0 aliphatic carbocycles. The van der Waals surface area contributed by atoms with Crippen LogP contribution in [0, 0.1) is 17.2 Å². The van der Waals surface area contributed by atoms with Gasteiger partial charge in [-0.05, 0) is 6.42 Å². The third-order valence-corrected chi connectivity index (χ3v) is 2.83. The zero-order valence-corrected chi connectivity index (χ0v) is 9.85. The number of aromatic nitrogens is 1. The van der Waals surface area contributed by atoms with E-state index >= 15 is 0 Å². The molecule has 6 heteroatoms. The molecular formula is C12H14N4O2. The number of nitrogens with one attached hydrogen (secondary N) is 1. The van der Waals surface area contributed by atoms with E-state index < -0.39 is 0 Å². The van der Waals surface area contributed by atoms with Crippen molar-refractivity contribution in [2.24, 2.45) is 5.92 Å². The molecule has 6 nitrogen and oxygen atoms in total. The number of amides is 1. The number of rotatable bonds is 3. The molecule has 1 aromatic heterocycles. The van der Waals surface area contributed by atoms with Crippen LogP contribution in [0.1, 0.15) is 18.4 Å². The van der Waals surface area contributed by atoms with Crippen LogP contribution in [0.15, 0.2) is 12.3 Å². The lowest BCUT2D eigenvalue weighted by Crippen LogP contribution is -2.35. The third-order valence-electron chi connectivity index (χ3n) is 2.83. The minimum absolute atomic E-state index is 0.0459. The second-order valence-electron chi connectivity index (χ2n) is 4.24. The molecule has 1 amide bonds. The zero-order valence-electron chi connectivity index (χ0n) is 9.85. The number of nitrogens with two attached hydrogens (primary N) is 1. The molecule has 1 aliphatic rings. The van der Waals surface area contributed by atoms with E-state index in [4.69, 9.17) is 15.7 Å². The number of hydrogen-bond acceptors (Lipinski definition) is 5. The Bertz CT molecular complexity index is 495. The fourth-order valence-electron chi connectivity index (χ4n) is 1.86. The van der Waals surface area contributed by atoms with Gasteiger partial charge in [0, 0.05) is 24.9 Å². The first-order chi connectivity index (χ1) is 8.69. The maximum Gasteiger partial charge on any atom is 0.220 e. The standard InChI is InChI=1S/C12H14N4O2/c13-5-9-6-16-11(14)4-10(9)18-7-8-1-2-15-12(17)3-8/h4,6,8H,1-3,7H2,(H2,14,16)(H,15,17)/t8-/m1/s1. The number of nitrogen functional groups attached to an aromatic ring is 1.